The molecule has 158 valence electrons. The van der Waals surface area contributed by atoms with Crippen LogP contribution in [0, 0.1) is 20.8 Å². The van der Waals surface area contributed by atoms with Gasteiger partial charge in [-0.15, -0.1) is 10.2 Å². The minimum Gasteiger partial charge on any atom is -0.469 e. The van der Waals surface area contributed by atoms with Crippen molar-refractivity contribution in [3.8, 4) is 17.1 Å². The number of carbonyl (C=O) groups excluding carboxylic acids is 1. The summed E-state index contributed by atoms with van der Waals surface area (Å²) in [6.07, 6.45) is 1.64. The van der Waals surface area contributed by atoms with Crippen molar-refractivity contribution in [2.75, 3.05) is 5.32 Å². The second kappa shape index (κ2) is 8.81. The molecule has 0 bridgehead atoms. The summed E-state index contributed by atoms with van der Waals surface area (Å²) in [5.41, 5.74) is 4.82. The average molecular weight is 433 g/mol. The van der Waals surface area contributed by atoms with Gasteiger partial charge in [0.2, 0.25) is 5.91 Å². The number of hydrogen-bond acceptors (Lipinski definition) is 5. The first-order valence-corrected chi connectivity index (χ1v) is 10.9. The van der Waals surface area contributed by atoms with Crippen molar-refractivity contribution in [3.05, 3.63) is 77.7 Å². The van der Waals surface area contributed by atoms with Crippen molar-refractivity contribution in [1.82, 2.24) is 14.8 Å². The number of anilines is 1. The molecular weight excluding hydrogens is 408 g/mol. The highest BCUT2D eigenvalue weighted by molar-refractivity contribution is 8.00. The molecule has 4 rings (SSSR count). The zero-order chi connectivity index (χ0) is 22.0. The first-order valence-electron chi connectivity index (χ1n) is 10.0. The molecule has 6 nitrogen and oxygen atoms in total. The molecule has 0 radical (unpaired) electrons. The largest absolute Gasteiger partial charge is 0.469 e. The van der Waals surface area contributed by atoms with Crippen molar-refractivity contribution >= 4 is 23.4 Å². The third kappa shape index (κ3) is 4.41. The number of aromatic nitrogens is 3. The van der Waals surface area contributed by atoms with E-state index in [1.807, 2.05) is 80.8 Å². The van der Waals surface area contributed by atoms with E-state index >= 15 is 0 Å². The summed E-state index contributed by atoms with van der Waals surface area (Å²) in [4.78, 5) is 12.9. The first-order chi connectivity index (χ1) is 14.9. The second-order valence-corrected chi connectivity index (χ2v) is 8.74. The van der Waals surface area contributed by atoms with Crippen LogP contribution >= 0.6 is 11.8 Å². The van der Waals surface area contributed by atoms with Crippen molar-refractivity contribution in [1.29, 1.82) is 0 Å². The Balaban J connectivity index is 1.63. The number of nitrogens with zero attached hydrogens (tertiary/aromatic N) is 3. The number of thioether (sulfide) groups is 1. The predicted molar refractivity (Wildman–Crippen MR) is 124 cm³/mol. The number of aryl methyl sites for hydroxylation is 3. The minimum atomic E-state index is -0.370. The smallest absolute Gasteiger partial charge is 0.237 e. The summed E-state index contributed by atoms with van der Waals surface area (Å²) in [6, 6.07) is 17.7. The van der Waals surface area contributed by atoms with E-state index in [9.17, 15) is 4.79 Å². The standard InChI is InChI=1S/C24H24N4O2S/c1-15-10-11-21(16(2)14-15)25-23(29)18(4)31-24-27-26-22(20-12-13-30-17(20)3)28(24)19-8-6-5-7-9-19/h5-14,18H,1-4H3,(H,25,29). The van der Waals surface area contributed by atoms with Crippen LogP contribution in [-0.2, 0) is 4.79 Å². The molecule has 4 aromatic rings. The van der Waals surface area contributed by atoms with Gasteiger partial charge in [0.05, 0.1) is 17.1 Å². The highest BCUT2D eigenvalue weighted by Crippen LogP contribution is 2.32. The highest BCUT2D eigenvalue weighted by Gasteiger charge is 2.23. The van der Waals surface area contributed by atoms with E-state index in [-0.39, 0.29) is 11.2 Å². The normalized spacial score (nSPS) is 12.0. The molecule has 1 atom stereocenters. The summed E-state index contributed by atoms with van der Waals surface area (Å²) in [5, 5.41) is 12.1. The number of nitrogens with one attached hydrogen (secondary N) is 1. The number of furan rings is 1. The van der Waals surface area contributed by atoms with Crippen LogP contribution in [0.2, 0.25) is 0 Å². The summed E-state index contributed by atoms with van der Waals surface area (Å²) in [5.74, 6) is 1.37. The lowest BCUT2D eigenvalue weighted by Crippen LogP contribution is -2.23. The molecule has 2 aromatic carbocycles. The van der Waals surface area contributed by atoms with Gasteiger partial charge in [-0.2, -0.15) is 0 Å². The Morgan fingerprint density at radius 2 is 1.84 bits per heavy atom. The van der Waals surface area contributed by atoms with Crippen LogP contribution < -0.4 is 5.32 Å². The van der Waals surface area contributed by atoms with Gasteiger partial charge in [0, 0.05) is 11.4 Å². The fourth-order valence-corrected chi connectivity index (χ4v) is 4.21. The summed E-state index contributed by atoms with van der Waals surface area (Å²) < 4.78 is 7.43. The number of para-hydroxylation sites is 1. The Labute approximate surface area is 185 Å². The molecule has 7 heteroatoms. The SMILES string of the molecule is Cc1ccc(NC(=O)C(C)Sc2nnc(-c3ccoc3C)n2-c2ccccc2)c(C)c1. The number of benzene rings is 2. The first kappa shape index (κ1) is 20.9. The Morgan fingerprint density at radius 1 is 1.06 bits per heavy atom. The molecule has 1 amide bonds. The summed E-state index contributed by atoms with van der Waals surface area (Å²) in [6.45, 7) is 7.79. The maximum absolute atomic E-state index is 12.9. The van der Waals surface area contributed by atoms with E-state index in [0.717, 1.165) is 33.8 Å². The Bertz CT molecular complexity index is 1210. The highest BCUT2D eigenvalue weighted by atomic mass is 32.2. The minimum absolute atomic E-state index is 0.0828. The van der Waals surface area contributed by atoms with Gasteiger partial charge in [0.15, 0.2) is 11.0 Å². The number of rotatable bonds is 6. The topological polar surface area (TPSA) is 73.0 Å². The van der Waals surface area contributed by atoms with Gasteiger partial charge in [-0.25, -0.2) is 0 Å². The van der Waals surface area contributed by atoms with Crippen molar-refractivity contribution in [2.24, 2.45) is 0 Å². The Hall–Kier alpha value is -3.32. The molecule has 0 aliphatic rings. The fourth-order valence-electron chi connectivity index (χ4n) is 3.35. The van der Waals surface area contributed by atoms with Crippen LogP contribution in [0.15, 0.2) is 70.4 Å². The average Bonchev–Trinajstić information content (AvgIpc) is 3.36. The van der Waals surface area contributed by atoms with Crippen LogP contribution in [0.1, 0.15) is 23.8 Å². The van der Waals surface area contributed by atoms with E-state index in [4.69, 9.17) is 4.42 Å². The van der Waals surface area contributed by atoms with Crippen LogP contribution in [-0.4, -0.2) is 25.9 Å². The fraction of sp³-hybridized carbons (Fsp3) is 0.208. The Kier molecular flexibility index (Phi) is 5.95. The van der Waals surface area contributed by atoms with Crippen LogP contribution in [0.25, 0.3) is 17.1 Å². The van der Waals surface area contributed by atoms with Gasteiger partial charge in [-0.3, -0.25) is 9.36 Å². The van der Waals surface area contributed by atoms with Gasteiger partial charge in [-0.05, 0) is 57.5 Å². The van der Waals surface area contributed by atoms with E-state index in [0.29, 0.717) is 11.0 Å². The monoisotopic (exact) mass is 432 g/mol. The lowest BCUT2D eigenvalue weighted by molar-refractivity contribution is -0.115. The molecule has 0 aliphatic heterocycles. The number of carbonyl (C=O) groups is 1. The van der Waals surface area contributed by atoms with Crippen molar-refractivity contribution in [3.63, 3.8) is 0 Å². The third-order valence-corrected chi connectivity index (χ3v) is 6.08. The maximum atomic E-state index is 12.9. The third-order valence-electron chi connectivity index (χ3n) is 5.04. The summed E-state index contributed by atoms with van der Waals surface area (Å²) >= 11 is 1.37. The molecule has 0 fully saturated rings. The van der Waals surface area contributed by atoms with Gasteiger partial charge in [-0.1, -0.05) is 47.7 Å². The number of amides is 1. The van der Waals surface area contributed by atoms with Crippen molar-refractivity contribution < 1.29 is 9.21 Å². The number of hydrogen-bond donors (Lipinski definition) is 1. The van der Waals surface area contributed by atoms with Crippen molar-refractivity contribution in [2.45, 2.75) is 38.1 Å². The summed E-state index contributed by atoms with van der Waals surface area (Å²) in [7, 11) is 0. The van der Waals surface area contributed by atoms with Gasteiger partial charge in [0.1, 0.15) is 5.76 Å². The molecule has 1 N–H and O–H groups in total. The lowest BCUT2D eigenvalue weighted by atomic mass is 10.1. The van der Waals surface area contributed by atoms with Crippen LogP contribution in [0.5, 0.6) is 0 Å². The zero-order valence-corrected chi connectivity index (χ0v) is 18.7. The van der Waals surface area contributed by atoms with E-state index in [1.165, 1.54) is 11.8 Å². The van der Waals surface area contributed by atoms with Gasteiger partial charge < -0.3 is 9.73 Å². The van der Waals surface area contributed by atoms with E-state index < -0.39 is 0 Å². The van der Waals surface area contributed by atoms with Crippen LogP contribution in [0.3, 0.4) is 0 Å². The molecule has 0 spiro atoms. The van der Waals surface area contributed by atoms with Crippen LogP contribution in [0.4, 0.5) is 5.69 Å². The maximum Gasteiger partial charge on any atom is 0.237 e. The van der Waals surface area contributed by atoms with Gasteiger partial charge >= 0.3 is 0 Å². The molecule has 2 heterocycles. The molecule has 31 heavy (non-hydrogen) atoms. The molecule has 1 unspecified atom stereocenters. The van der Waals surface area contributed by atoms with E-state index in [2.05, 4.69) is 21.6 Å². The molecule has 0 aliphatic carbocycles. The second-order valence-electron chi connectivity index (χ2n) is 7.44. The predicted octanol–water partition coefficient (Wildman–Crippen LogP) is 5.57. The Morgan fingerprint density at radius 3 is 2.52 bits per heavy atom. The molecular formula is C24H24N4O2S. The van der Waals surface area contributed by atoms with E-state index in [1.54, 1.807) is 6.26 Å². The van der Waals surface area contributed by atoms with Gasteiger partial charge in [0.25, 0.3) is 0 Å². The molecule has 0 saturated carbocycles. The molecule has 0 saturated heterocycles. The lowest BCUT2D eigenvalue weighted by Gasteiger charge is -2.15. The zero-order valence-electron chi connectivity index (χ0n) is 17.9. The molecule has 2 aromatic heterocycles. The quantitative estimate of drug-likeness (QED) is 0.403.